The number of aryl methyl sites for hydroxylation is 2. The average Bonchev–Trinajstić information content (AvgIpc) is 2.55. The Morgan fingerprint density at radius 2 is 1.96 bits per heavy atom. The van der Waals surface area contributed by atoms with Gasteiger partial charge in [-0.1, -0.05) is 6.07 Å². The van der Waals surface area contributed by atoms with Crippen molar-refractivity contribution in [2.24, 2.45) is 0 Å². The van der Waals surface area contributed by atoms with Gasteiger partial charge in [0.25, 0.3) is 5.91 Å². The molecule has 1 aromatic heterocycles. The van der Waals surface area contributed by atoms with Crippen LogP contribution >= 0.6 is 0 Å². The molecule has 1 unspecified atom stereocenters. The van der Waals surface area contributed by atoms with Crippen LogP contribution in [0.1, 0.15) is 38.8 Å². The number of nitrogens with one attached hydrogen (secondary N) is 1. The van der Waals surface area contributed by atoms with E-state index in [2.05, 4.69) is 10.3 Å². The molecule has 1 heterocycles. The summed E-state index contributed by atoms with van der Waals surface area (Å²) in [5.41, 5.74) is 3.15. The monoisotopic (exact) mass is 312 g/mol. The molecule has 1 aromatic carbocycles. The Labute approximate surface area is 135 Å². The van der Waals surface area contributed by atoms with Crippen molar-refractivity contribution in [2.45, 2.75) is 26.9 Å². The lowest BCUT2D eigenvalue weighted by Crippen LogP contribution is -2.33. The number of hydrogen-bond acceptors (Lipinski definition) is 4. The summed E-state index contributed by atoms with van der Waals surface area (Å²) in [7, 11) is 0. The fourth-order valence-corrected chi connectivity index (χ4v) is 2.00. The van der Waals surface area contributed by atoms with Gasteiger partial charge in [-0.3, -0.25) is 9.78 Å². The van der Waals surface area contributed by atoms with E-state index >= 15 is 0 Å². The molecule has 0 spiro atoms. The molecule has 5 nitrogen and oxygen atoms in total. The van der Waals surface area contributed by atoms with Crippen molar-refractivity contribution in [2.75, 3.05) is 6.54 Å². The van der Waals surface area contributed by atoms with Gasteiger partial charge in [0.15, 0.2) is 0 Å². The third kappa shape index (κ3) is 4.64. The van der Waals surface area contributed by atoms with Crippen molar-refractivity contribution in [3.05, 3.63) is 65.0 Å². The maximum atomic E-state index is 12.1. The second kappa shape index (κ2) is 7.54. The number of hydrogen-bond donors (Lipinski definition) is 1. The Balaban J connectivity index is 1.86. The predicted octanol–water partition coefficient (Wildman–Crippen LogP) is 2.67. The third-order valence-electron chi connectivity index (χ3n) is 3.52. The molecule has 0 aliphatic carbocycles. The van der Waals surface area contributed by atoms with Gasteiger partial charge in [0.05, 0.1) is 17.7 Å². The molecule has 120 valence electrons. The maximum Gasteiger partial charge on any atom is 0.338 e. The number of benzene rings is 1. The zero-order valence-electron chi connectivity index (χ0n) is 13.5. The lowest BCUT2D eigenvalue weighted by molar-refractivity contribution is 0.0337. The SMILES string of the molecule is Cc1ccc(C(=O)OC(C)CNC(=O)c2cccnc2)cc1C. The number of aromatic nitrogens is 1. The fourth-order valence-electron chi connectivity index (χ4n) is 2.00. The summed E-state index contributed by atoms with van der Waals surface area (Å²) in [6.07, 6.45) is 2.66. The second-order valence-electron chi connectivity index (χ2n) is 5.47. The zero-order valence-corrected chi connectivity index (χ0v) is 13.5. The summed E-state index contributed by atoms with van der Waals surface area (Å²) >= 11 is 0. The molecule has 1 amide bonds. The van der Waals surface area contributed by atoms with Gasteiger partial charge in [-0.05, 0) is 56.2 Å². The van der Waals surface area contributed by atoms with Crippen LogP contribution in [-0.4, -0.2) is 29.5 Å². The smallest absolute Gasteiger partial charge is 0.338 e. The van der Waals surface area contributed by atoms with Crippen LogP contribution in [0.5, 0.6) is 0 Å². The Hall–Kier alpha value is -2.69. The number of nitrogens with zero attached hydrogens (tertiary/aromatic N) is 1. The van der Waals surface area contributed by atoms with Gasteiger partial charge in [0.2, 0.25) is 0 Å². The standard InChI is InChI=1S/C18H20N2O3/c1-12-6-7-15(9-13(12)2)18(22)23-14(3)10-20-17(21)16-5-4-8-19-11-16/h4-9,11,14H,10H2,1-3H3,(H,20,21). The third-order valence-corrected chi connectivity index (χ3v) is 3.52. The molecule has 1 N–H and O–H groups in total. The van der Waals surface area contributed by atoms with Gasteiger partial charge in [-0.25, -0.2) is 4.79 Å². The first-order chi connectivity index (χ1) is 11.0. The van der Waals surface area contributed by atoms with Gasteiger partial charge in [-0.15, -0.1) is 0 Å². The number of amides is 1. The highest BCUT2D eigenvalue weighted by Gasteiger charge is 2.14. The van der Waals surface area contributed by atoms with E-state index in [4.69, 9.17) is 4.74 Å². The summed E-state index contributed by atoms with van der Waals surface area (Å²) in [6, 6.07) is 8.80. The molecule has 2 rings (SSSR count). The molecule has 0 aliphatic heterocycles. The largest absolute Gasteiger partial charge is 0.457 e. The number of carbonyl (C=O) groups is 2. The van der Waals surface area contributed by atoms with E-state index in [9.17, 15) is 9.59 Å². The number of ether oxygens (including phenoxy) is 1. The molecule has 0 aliphatic rings. The van der Waals surface area contributed by atoms with Crippen LogP contribution in [0, 0.1) is 13.8 Å². The molecule has 5 heteroatoms. The highest BCUT2D eigenvalue weighted by molar-refractivity contribution is 5.94. The molecule has 1 atom stereocenters. The van der Waals surface area contributed by atoms with Crippen molar-refractivity contribution in [1.82, 2.24) is 10.3 Å². The molecule has 23 heavy (non-hydrogen) atoms. The van der Waals surface area contributed by atoms with Crippen LogP contribution < -0.4 is 5.32 Å². The van der Waals surface area contributed by atoms with Crippen molar-refractivity contribution < 1.29 is 14.3 Å². The van der Waals surface area contributed by atoms with Crippen molar-refractivity contribution >= 4 is 11.9 Å². The minimum absolute atomic E-state index is 0.240. The highest BCUT2D eigenvalue weighted by atomic mass is 16.5. The molecule has 0 bridgehead atoms. The second-order valence-corrected chi connectivity index (χ2v) is 5.47. The van der Waals surface area contributed by atoms with Gasteiger partial charge in [0, 0.05) is 12.4 Å². The van der Waals surface area contributed by atoms with Gasteiger partial charge in [-0.2, -0.15) is 0 Å². The number of carbonyl (C=O) groups excluding carboxylic acids is 2. The van der Waals surface area contributed by atoms with Crippen LogP contribution in [0.15, 0.2) is 42.7 Å². The number of pyridine rings is 1. The molecular weight excluding hydrogens is 292 g/mol. The minimum atomic E-state index is -0.426. The van der Waals surface area contributed by atoms with Crippen LogP contribution in [0.2, 0.25) is 0 Å². The first-order valence-electron chi connectivity index (χ1n) is 7.44. The molecule has 0 saturated carbocycles. The van der Waals surface area contributed by atoms with Crippen LogP contribution in [0.25, 0.3) is 0 Å². The minimum Gasteiger partial charge on any atom is -0.457 e. The van der Waals surface area contributed by atoms with Crippen molar-refractivity contribution in [3.8, 4) is 0 Å². The zero-order chi connectivity index (χ0) is 16.8. The van der Waals surface area contributed by atoms with E-state index in [0.29, 0.717) is 11.1 Å². The quantitative estimate of drug-likeness (QED) is 0.862. The summed E-state index contributed by atoms with van der Waals surface area (Å²) < 4.78 is 5.35. The van der Waals surface area contributed by atoms with Gasteiger partial charge >= 0.3 is 5.97 Å². The van der Waals surface area contributed by atoms with E-state index < -0.39 is 12.1 Å². The summed E-state index contributed by atoms with van der Waals surface area (Å²) in [5, 5.41) is 2.72. The normalized spacial score (nSPS) is 11.6. The van der Waals surface area contributed by atoms with E-state index in [1.807, 2.05) is 19.9 Å². The molecule has 0 saturated heterocycles. The number of esters is 1. The maximum absolute atomic E-state index is 12.1. The Kier molecular flexibility index (Phi) is 5.46. The Morgan fingerprint density at radius 3 is 2.61 bits per heavy atom. The summed E-state index contributed by atoms with van der Waals surface area (Å²) in [4.78, 5) is 27.9. The van der Waals surface area contributed by atoms with E-state index in [1.54, 1.807) is 37.4 Å². The Bertz CT molecular complexity index is 699. The average molecular weight is 312 g/mol. The molecule has 2 aromatic rings. The summed E-state index contributed by atoms with van der Waals surface area (Å²) in [5.74, 6) is -0.636. The van der Waals surface area contributed by atoms with E-state index in [-0.39, 0.29) is 12.5 Å². The molecular formula is C18H20N2O3. The van der Waals surface area contributed by atoms with Crippen molar-refractivity contribution in [1.29, 1.82) is 0 Å². The van der Waals surface area contributed by atoms with Crippen molar-refractivity contribution in [3.63, 3.8) is 0 Å². The Morgan fingerprint density at radius 1 is 1.17 bits per heavy atom. The summed E-state index contributed by atoms with van der Waals surface area (Å²) in [6.45, 7) is 5.91. The lowest BCUT2D eigenvalue weighted by Gasteiger charge is -2.14. The van der Waals surface area contributed by atoms with Gasteiger partial charge in [0.1, 0.15) is 6.10 Å². The molecule has 0 fully saturated rings. The topological polar surface area (TPSA) is 68.3 Å². The molecule has 0 radical (unpaired) electrons. The first-order valence-corrected chi connectivity index (χ1v) is 7.44. The van der Waals surface area contributed by atoms with Gasteiger partial charge < -0.3 is 10.1 Å². The van der Waals surface area contributed by atoms with E-state index in [0.717, 1.165) is 11.1 Å². The number of rotatable bonds is 5. The van der Waals surface area contributed by atoms with Crippen LogP contribution in [-0.2, 0) is 4.74 Å². The van der Waals surface area contributed by atoms with Crippen LogP contribution in [0.3, 0.4) is 0 Å². The predicted molar refractivity (Wildman–Crippen MR) is 87.4 cm³/mol. The fraction of sp³-hybridized carbons (Fsp3) is 0.278. The first kappa shape index (κ1) is 16.7. The van der Waals surface area contributed by atoms with E-state index in [1.165, 1.54) is 6.20 Å². The van der Waals surface area contributed by atoms with Crippen LogP contribution in [0.4, 0.5) is 0 Å². The lowest BCUT2D eigenvalue weighted by atomic mass is 10.1. The highest BCUT2D eigenvalue weighted by Crippen LogP contribution is 2.11.